The van der Waals surface area contributed by atoms with E-state index in [0.29, 0.717) is 18.8 Å². The largest absolute Gasteiger partial charge is 0.492 e. The Morgan fingerprint density at radius 2 is 1.81 bits per heavy atom. The molecule has 3 nitrogen and oxygen atoms in total. The first kappa shape index (κ1) is 15.5. The molecule has 2 rings (SSSR count). The van der Waals surface area contributed by atoms with Gasteiger partial charge in [0.1, 0.15) is 11.4 Å². The third-order valence-corrected chi connectivity index (χ3v) is 3.53. The molecule has 0 amide bonds. The topological polar surface area (TPSA) is 42.4 Å². The predicted molar refractivity (Wildman–Crippen MR) is 84.4 cm³/mol. The van der Waals surface area contributed by atoms with Gasteiger partial charge in [0.25, 0.3) is 0 Å². The van der Waals surface area contributed by atoms with Crippen molar-refractivity contribution in [1.82, 2.24) is 4.98 Å². The lowest BCUT2D eigenvalue weighted by Crippen LogP contribution is -2.27. The van der Waals surface area contributed by atoms with Crippen LogP contribution in [-0.2, 0) is 5.60 Å². The van der Waals surface area contributed by atoms with E-state index < -0.39 is 5.60 Å². The summed E-state index contributed by atoms with van der Waals surface area (Å²) in [5.41, 5.74) is 0.652. The quantitative estimate of drug-likeness (QED) is 0.838. The zero-order valence-corrected chi connectivity index (χ0v) is 12.7. The normalized spacial score (nSPS) is 13.7. The first-order valence-electron chi connectivity index (χ1n) is 7.57. The van der Waals surface area contributed by atoms with Crippen LogP contribution in [0, 0.1) is 0 Å². The Labute approximate surface area is 126 Å². The van der Waals surface area contributed by atoms with Crippen molar-refractivity contribution in [2.75, 3.05) is 6.61 Å². The number of benzene rings is 1. The van der Waals surface area contributed by atoms with Crippen LogP contribution in [0.5, 0.6) is 5.75 Å². The zero-order valence-electron chi connectivity index (χ0n) is 12.7. The van der Waals surface area contributed by atoms with Crippen LogP contribution in [0.2, 0.25) is 0 Å². The van der Waals surface area contributed by atoms with E-state index in [-0.39, 0.29) is 0 Å². The van der Waals surface area contributed by atoms with E-state index in [2.05, 4.69) is 18.8 Å². The number of nitrogens with zero attached hydrogens (tertiary/aromatic N) is 1. The van der Waals surface area contributed by atoms with Gasteiger partial charge in [0.05, 0.1) is 12.8 Å². The van der Waals surface area contributed by atoms with Crippen molar-refractivity contribution in [2.45, 2.75) is 38.7 Å². The molecule has 2 aromatic rings. The summed E-state index contributed by atoms with van der Waals surface area (Å²) < 4.78 is 5.63. The number of aromatic nitrogens is 1. The van der Waals surface area contributed by atoms with Crippen LogP contribution in [0.15, 0.2) is 48.8 Å². The van der Waals surface area contributed by atoms with E-state index in [1.165, 1.54) is 0 Å². The van der Waals surface area contributed by atoms with E-state index in [1.807, 2.05) is 36.4 Å². The highest BCUT2D eigenvalue weighted by molar-refractivity contribution is 5.37. The Morgan fingerprint density at radius 3 is 2.48 bits per heavy atom. The average Bonchev–Trinajstić information content (AvgIpc) is 2.54. The fraction of sp³-hybridized carbons (Fsp3) is 0.389. The van der Waals surface area contributed by atoms with Crippen molar-refractivity contribution in [3.05, 3.63) is 59.9 Å². The number of pyridine rings is 1. The third-order valence-electron chi connectivity index (χ3n) is 3.53. The summed E-state index contributed by atoms with van der Waals surface area (Å²) in [5.74, 6) is 0.708. The lowest BCUT2D eigenvalue weighted by Gasteiger charge is -2.29. The highest BCUT2D eigenvalue weighted by Gasteiger charge is 2.31. The molecule has 112 valence electrons. The Morgan fingerprint density at radius 1 is 1.05 bits per heavy atom. The van der Waals surface area contributed by atoms with Crippen LogP contribution >= 0.6 is 0 Å². The summed E-state index contributed by atoms with van der Waals surface area (Å²) >= 11 is 0. The molecule has 0 aliphatic carbocycles. The fourth-order valence-electron chi connectivity index (χ4n) is 2.47. The number of ether oxygens (including phenoxy) is 1. The van der Waals surface area contributed by atoms with Crippen LogP contribution < -0.4 is 4.74 Å². The van der Waals surface area contributed by atoms with Crippen LogP contribution in [-0.4, -0.2) is 16.7 Å². The smallest absolute Gasteiger partial charge is 0.137 e. The van der Waals surface area contributed by atoms with E-state index in [4.69, 9.17) is 4.74 Å². The van der Waals surface area contributed by atoms with Gasteiger partial charge in [-0.1, -0.05) is 50.6 Å². The Kier molecular flexibility index (Phi) is 5.34. The number of hydrogen-bond donors (Lipinski definition) is 1. The minimum absolute atomic E-state index is 0.649. The Hall–Kier alpha value is -1.87. The standard InChI is InChI=1S/C18H23NO2/c1-3-10-18(20,15-8-6-5-7-9-15)16-12-17(14-19-13-16)21-11-4-2/h5-9,12-14,20H,3-4,10-11H2,1-2H3. The van der Waals surface area contributed by atoms with Crippen molar-refractivity contribution in [3.63, 3.8) is 0 Å². The molecule has 0 saturated carbocycles. The lowest BCUT2D eigenvalue weighted by molar-refractivity contribution is 0.0695. The number of hydrogen-bond acceptors (Lipinski definition) is 3. The zero-order chi connectivity index (χ0) is 15.1. The van der Waals surface area contributed by atoms with E-state index in [0.717, 1.165) is 24.0 Å². The molecule has 1 aromatic carbocycles. The summed E-state index contributed by atoms with van der Waals surface area (Å²) in [7, 11) is 0. The SMILES string of the molecule is CCCOc1cncc(C(O)(CCC)c2ccccc2)c1. The van der Waals surface area contributed by atoms with Gasteiger partial charge in [-0.05, 0) is 24.5 Å². The summed E-state index contributed by atoms with van der Waals surface area (Å²) in [4.78, 5) is 4.23. The van der Waals surface area contributed by atoms with Crippen molar-refractivity contribution >= 4 is 0 Å². The van der Waals surface area contributed by atoms with Crippen molar-refractivity contribution < 1.29 is 9.84 Å². The molecule has 0 saturated heterocycles. The molecule has 1 unspecified atom stereocenters. The van der Waals surface area contributed by atoms with Gasteiger partial charge in [0.2, 0.25) is 0 Å². The average molecular weight is 285 g/mol. The summed E-state index contributed by atoms with van der Waals surface area (Å²) in [6, 6.07) is 11.6. The first-order chi connectivity index (χ1) is 10.2. The molecule has 0 radical (unpaired) electrons. The highest BCUT2D eigenvalue weighted by atomic mass is 16.5. The number of aliphatic hydroxyl groups is 1. The second kappa shape index (κ2) is 7.23. The van der Waals surface area contributed by atoms with Crippen molar-refractivity contribution in [3.8, 4) is 5.75 Å². The van der Waals surface area contributed by atoms with E-state index in [9.17, 15) is 5.11 Å². The van der Waals surface area contributed by atoms with Gasteiger partial charge in [-0.15, -0.1) is 0 Å². The summed E-state index contributed by atoms with van der Waals surface area (Å²) in [6.45, 7) is 4.79. The monoisotopic (exact) mass is 285 g/mol. The maximum absolute atomic E-state index is 11.2. The second-order valence-corrected chi connectivity index (χ2v) is 5.23. The van der Waals surface area contributed by atoms with Gasteiger partial charge in [-0.25, -0.2) is 0 Å². The van der Waals surface area contributed by atoms with Gasteiger partial charge >= 0.3 is 0 Å². The maximum atomic E-state index is 11.2. The molecule has 1 atom stereocenters. The first-order valence-corrected chi connectivity index (χ1v) is 7.57. The van der Waals surface area contributed by atoms with Gasteiger partial charge < -0.3 is 9.84 Å². The predicted octanol–water partition coefficient (Wildman–Crippen LogP) is 3.91. The lowest BCUT2D eigenvalue weighted by atomic mass is 9.83. The molecule has 1 aromatic heterocycles. The molecule has 0 aliphatic rings. The van der Waals surface area contributed by atoms with Gasteiger partial charge in [-0.3, -0.25) is 4.98 Å². The minimum Gasteiger partial charge on any atom is -0.492 e. The highest BCUT2D eigenvalue weighted by Crippen LogP contribution is 2.35. The second-order valence-electron chi connectivity index (χ2n) is 5.23. The molecule has 1 N–H and O–H groups in total. The summed E-state index contributed by atoms with van der Waals surface area (Å²) in [5, 5.41) is 11.2. The molecule has 0 fully saturated rings. The molecule has 0 bridgehead atoms. The van der Waals surface area contributed by atoms with Crippen LogP contribution in [0.25, 0.3) is 0 Å². The van der Waals surface area contributed by atoms with Crippen LogP contribution in [0.4, 0.5) is 0 Å². The van der Waals surface area contributed by atoms with Gasteiger partial charge in [0.15, 0.2) is 0 Å². The van der Waals surface area contributed by atoms with Gasteiger partial charge in [0, 0.05) is 11.8 Å². The van der Waals surface area contributed by atoms with Crippen molar-refractivity contribution in [2.24, 2.45) is 0 Å². The third kappa shape index (κ3) is 3.61. The van der Waals surface area contributed by atoms with Crippen molar-refractivity contribution in [1.29, 1.82) is 0 Å². The summed E-state index contributed by atoms with van der Waals surface area (Å²) in [6.07, 6.45) is 5.89. The Balaban J connectivity index is 2.38. The molecule has 3 heteroatoms. The fourth-order valence-corrected chi connectivity index (χ4v) is 2.47. The van der Waals surface area contributed by atoms with E-state index >= 15 is 0 Å². The number of rotatable bonds is 7. The minimum atomic E-state index is -1.02. The maximum Gasteiger partial charge on any atom is 0.137 e. The molecular formula is C18H23NO2. The molecule has 1 heterocycles. The van der Waals surface area contributed by atoms with Crippen LogP contribution in [0.1, 0.15) is 44.2 Å². The molecule has 0 spiro atoms. The molecule has 0 aliphatic heterocycles. The molecule has 21 heavy (non-hydrogen) atoms. The Bertz CT molecular complexity index is 556. The van der Waals surface area contributed by atoms with Gasteiger partial charge in [-0.2, -0.15) is 0 Å². The van der Waals surface area contributed by atoms with E-state index in [1.54, 1.807) is 12.4 Å². The molecular weight excluding hydrogens is 262 g/mol. The van der Waals surface area contributed by atoms with Crippen LogP contribution in [0.3, 0.4) is 0 Å².